The SMILES string of the molecule is COc1ccc2[nH]cc(NC(=O)NC(C)CCc3ccco3)c(=O)c2n1. The van der Waals surface area contributed by atoms with E-state index >= 15 is 0 Å². The van der Waals surface area contributed by atoms with Gasteiger partial charge >= 0.3 is 6.03 Å². The number of methoxy groups -OCH3 is 1. The van der Waals surface area contributed by atoms with E-state index < -0.39 is 6.03 Å². The van der Waals surface area contributed by atoms with E-state index in [0.717, 1.165) is 5.76 Å². The van der Waals surface area contributed by atoms with Crippen molar-refractivity contribution in [3.05, 3.63) is 52.7 Å². The van der Waals surface area contributed by atoms with Crippen LogP contribution in [0.15, 0.2) is 45.9 Å². The van der Waals surface area contributed by atoms with Gasteiger partial charge in [-0.05, 0) is 31.5 Å². The van der Waals surface area contributed by atoms with Gasteiger partial charge in [0.2, 0.25) is 11.3 Å². The molecule has 3 N–H and O–H groups in total. The Morgan fingerprint density at radius 3 is 2.96 bits per heavy atom. The Morgan fingerprint density at radius 1 is 1.38 bits per heavy atom. The van der Waals surface area contributed by atoms with Crippen LogP contribution in [0.4, 0.5) is 10.5 Å². The van der Waals surface area contributed by atoms with Crippen LogP contribution in [0.3, 0.4) is 0 Å². The number of aryl methyl sites for hydroxylation is 1. The number of aromatic amines is 1. The standard InChI is InChI=1S/C18H20N4O4/c1-11(5-6-12-4-3-9-26-12)20-18(24)21-14-10-19-13-7-8-15(25-2)22-16(13)17(14)23/h3-4,7-11H,5-6H2,1-2H3,(H,19,23)(H2,20,21,24). The normalized spacial score (nSPS) is 11.9. The Morgan fingerprint density at radius 2 is 2.23 bits per heavy atom. The highest BCUT2D eigenvalue weighted by Gasteiger charge is 2.12. The fraction of sp³-hybridized carbons (Fsp3) is 0.278. The number of carbonyl (C=O) groups excluding carboxylic acids is 1. The Balaban J connectivity index is 1.65. The number of rotatable bonds is 6. The topological polar surface area (TPSA) is 109 Å². The molecule has 0 fully saturated rings. The summed E-state index contributed by atoms with van der Waals surface area (Å²) >= 11 is 0. The molecule has 1 unspecified atom stereocenters. The van der Waals surface area contributed by atoms with E-state index in [1.807, 2.05) is 19.1 Å². The first-order valence-electron chi connectivity index (χ1n) is 8.23. The third kappa shape index (κ3) is 4.02. The predicted octanol–water partition coefficient (Wildman–Crippen LogP) is 2.67. The number of nitrogens with one attached hydrogen (secondary N) is 3. The number of urea groups is 1. The second kappa shape index (κ2) is 7.73. The van der Waals surface area contributed by atoms with Crippen molar-refractivity contribution in [2.75, 3.05) is 12.4 Å². The number of aromatic nitrogens is 2. The number of hydrogen-bond acceptors (Lipinski definition) is 5. The van der Waals surface area contributed by atoms with E-state index in [-0.39, 0.29) is 22.7 Å². The average molecular weight is 356 g/mol. The van der Waals surface area contributed by atoms with Crippen LogP contribution in [0.25, 0.3) is 11.0 Å². The first-order chi connectivity index (χ1) is 12.6. The van der Waals surface area contributed by atoms with E-state index in [1.165, 1.54) is 13.3 Å². The third-order valence-electron chi connectivity index (χ3n) is 3.94. The smallest absolute Gasteiger partial charge is 0.319 e. The zero-order valence-corrected chi connectivity index (χ0v) is 14.5. The van der Waals surface area contributed by atoms with Gasteiger partial charge in [0.25, 0.3) is 0 Å². The first kappa shape index (κ1) is 17.5. The number of anilines is 1. The van der Waals surface area contributed by atoms with Crippen molar-refractivity contribution in [2.24, 2.45) is 0 Å². The molecule has 8 nitrogen and oxygen atoms in total. The maximum atomic E-state index is 12.5. The third-order valence-corrected chi connectivity index (χ3v) is 3.94. The van der Waals surface area contributed by atoms with Crippen molar-refractivity contribution < 1.29 is 13.9 Å². The van der Waals surface area contributed by atoms with Crippen molar-refractivity contribution >= 4 is 22.8 Å². The summed E-state index contributed by atoms with van der Waals surface area (Å²) in [6.45, 7) is 1.89. The van der Waals surface area contributed by atoms with Gasteiger partial charge in [-0.2, -0.15) is 0 Å². The summed E-state index contributed by atoms with van der Waals surface area (Å²) in [5.41, 5.74) is 0.506. The molecular weight excluding hydrogens is 336 g/mol. The molecule has 3 rings (SSSR count). The number of fused-ring (bicyclic) bond motifs is 1. The Kier molecular flexibility index (Phi) is 5.21. The lowest BCUT2D eigenvalue weighted by Gasteiger charge is -2.14. The largest absolute Gasteiger partial charge is 0.481 e. The number of amides is 2. The summed E-state index contributed by atoms with van der Waals surface area (Å²) in [6.07, 6.45) is 4.50. The van der Waals surface area contributed by atoms with Crippen LogP contribution in [-0.2, 0) is 6.42 Å². The maximum Gasteiger partial charge on any atom is 0.319 e. The molecule has 0 spiro atoms. The molecule has 1 atom stereocenters. The van der Waals surface area contributed by atoms with Gasteiger partial charge in [-0.3, -0.25) is 4.79 Å². The number of hydrogen-bond donors (Lipinski definition) is 3. The number of pyridine rings is 2. The van der Waals surface area contributed by atoms with Crippen LogP contribution >= 0.6 is 0 Å². The van der Waals surface area contributed by atoms with E-state index in [1.54, 1.807) is 18.4 Å². The number of H-pyrrole nitrogens is 1. The highest BCUT2D eigenvalue weighted by atomic mass is 16.5. The molecule has 0 saturated carbocycles. The molecule has 0 saturated heterocycles. The fourth-order valence-electron chi connectivity index (χ4n) is 2.55. The number of nitrogens with zero attached hydrogens (tertiary/aromatic N) is 1. The van der Waals surface area contributed by atoms with E-state index in [4.69, 9.17) is 9.15 Å². The van der Waals surface area contributed by atoms with Crippen LogP contribution in [0.1, 0.15) is 19.1 Å². The van der Waals surface area contributed by atoms with Crippen LogP contribution in [0.5, 0.6) is 5.88 Å². The number of furan rings is 1. The van der Waals surface area contributed by atoms with Gasteiger partial charge in [-0.1, -0.05) is 0 Å². The van der Waals surface area contributed by atoms with Crippen molar-refractivity contribution in [3.63, 3.8) is 0 Å². The van der Waals surface area contributed by atoms with Gasteiger partial charge in [0.15, 0.2) is 0 Å². The molecule has 0 aliphatic heterocycles. The van der Waals surface area contributed by atoms with Gasteiger partial charge in [0.05, 0.1) is 18.9 Å². The molecule has 26 heavy (non-hydrogen) atoms. The Bertz CT molecular complexity index is 949. The number of ether oxygens (including phenoxy) is 1. The lowest BCUT2D eigenvalue weighted by atomic mass is 10.1. The summed E-state index contributed by atoms with van der Waals surface area (Å²) in [6, 6.07) is 6.53. The molecule has 8 heteroatoms. The van der Waals surface area contributed by atoms with Gasteiger partial charge in [0.1, 0.15) is 17.0 Å². The Hall–Kier alpha value is -3.29. The van der Waals surface area contributed by atoms with Crippen LogP contribution < -0.4 is 20.8 Å². The molecule has 0 bridgehead atoms. The summed E-state index contributed by atoms with van der Waals surface area (Å²) in [5.74, 6) is 1.20. The Labute approximate surface area is 149 Å². The highest BCUT2D eigenvalue weighted by molar-refractivity contribution is 5.91. The summed E-state index contributed by atoms with van der Waals surface area (Å²) in [7, 11) is 1.47. The van der Waals surface area contributed by atoms with Gasteiger partial charge in [0, 0.05) is 24.7 Å². The van der Waals surface area contributed by atoms with Crippen molar-refractivity contribution in [1.29, 1.82) is 0 Å². The van der Waals surface area contributed by atoms with Crippen molar-refractivity contribution in [1.82, 2.24) is 15.3 Å². The lowest BCUT2D eigenvalue weighted by molar-refractivity contribution is 0.248. The molecule has 2 amide bonds. The minimum atomic E-state index is -0.454. The van der Waals surface area contributed by atoms with Crippen LogP contribution in [0.2, 0.25) is 0 Å². The van der Waals surface area contributed by atoms with Gasteiger partial charge < -0.3 is 24.8 Å². The maximum absolute atomic E-state index is 12.5. The molecule has 0 radical (unpaired) electrons. The summed E-state index contributed by atoms with van der Waals surface area (Å²) < 4.78 is 10.3. The summed E-state index contributed by atoms with van der Waals surface area (Å²) in [4.78, 5) is 31.7. The highest BCUT2D eigenvalue weighted by Crippen LogP contribution is 2.13. The minimum Gasteiger partial charge on any atom is -0.481 e. The van der Waals surface area contributed by atoms with E-state index in [2.05, 4.69) is 20.6 Å². The first-order valence-corrected chi connectivity index (χ1v) is 8.23. The van der Waals surface area contributed by atoms with Gasteiger partial charge in [-0.25, -0.2) is 9.78 Å². The van der Waals surface area contributed by atoms with E-state index in [0.29, 0.717) is 24.2 Å². The molecule has 136 valence electrons. The van der Waals surface area contributed by atoms with Crippen molar-refractivity contribution in [2.45, 2.75) is 25.8 Å². The monoisotopic (exact) mass is 356 g/mol. The molecule has 3 aromatic rings. The zero-order valence-electron chi connectivity index (χ0n) is 14.5. The zero-order chi connectivity index (χ0) is 18.5. The minimum absolute atomic E-state index is 0.0853. The molecule has 3 aromatic heterocycles. The van der Waals surface area contributed by atoms with Crippen LogP contribution in [0, 0.1) is 0 Å². The van der Waals surface area contributed by atoms with Crippen molar-refractivity contribution in [3.8, 4) is 5.88 Å². The molecular formula is C18H20N4O4. The summed E-state index contributed by atoms with van der Waals surface area (Å²) in [5, 5.41) is 5.36. The molecule has 3 heterocycles. The molecule has 0 aliphatic carbocycles. The predicted molar refractivity (Wildman–Crippen MR) is 97.6 cm³/mol. The molecule has 0 aromatic carbocycles. The molecule has 0 aliphatic rings. The average Bonchev–Trinajstić information content (AvgIpc) is 3.16. The van der Waals surface area contributed by atoms with Gasteiger partial charge in [-0.15, -0.1) is 0 Å². The number of carbonyl (C=O) groups is 1. The second-order valence-electron chi connectivity index (χ2n) is 5.90. The fourth-order valence-corrected chi connectivity index (χ4v) is 2.55. The van der Waals surface area contributed by atoms with E-state index in [9.17, 15) is 9.59 Å². The van der Waals surface area contributed by atoms with Crippen LogP contribution in [-0.4, -0.2) is 29.2 Å². The second-order valence-corrected chi connectivity index (χ2v) is 5.90. The quantitative estimate of drug-likeness (QED) is 0.629. The lowest BCUT2D eigenvalue weighted by Crippen LogP contribution is -2.37.